The molecule has 2 aromatic heterocycles. The molecule has 1 aromatic carbocycles. The largest absolute Gasteiger partial charge is 0.340 e. The average Bonchev–Trinajstić information content (AvgIpc) is 2.72. The number of rotatable bonds is 6. The molecule has 7 heteroatoms. The van der Waals surface area contributed by atoms with Crippen molar-refractivity contribution >= 4 is 17.4 Å². The minimum Gasteiger partial charge on any atom is -0.340 e. The van der Waals surface area contributed by atoms with Gasteiger partial charge in [-0.3, -0.25) is 9.78 Å². The van der Waals surface area contributed by atoms with Crippen LogP contribution in [-0.2, 0) is 6.42 Å². The molecule has 7 nitrogen and oxygen atoms in total. The van der Waals surface area contributed by atoms with Crippen molar-refractivity contribution in [3.63, 3.8) is 0 Å². The topological polar surface area (TPSA) is 94.8 Å². The summed E-state index contributed by atoms with van der Waals surface area (Å²) in [4.78, 5) is 27.0. The van der Waals surface area contributed by atoms with Crippen molar-refractivity contribution < 1.29 is 4.79 Å². The van der Waals surface area contributed by atoms with E-state index in [2.05, 4.69) is 26.3 Å². The van der Waals surface area contributed by atoms with Crippen LogP contribution in [0, 0.1) is 18.3 Å². The zero-order valence-electron chi connectivity index (χ0n) is 15.8. The Morgan fingerprint density at radius 3 is 2.71 bits per heavy atom. The zero-order valence-corrected chi connectivity index (χ0v) is 15.8. The van der Waals surface area contributed by atoms with Gasteiger partial charge >= 0.3 is 0 Å². The molecule has 3 aromatic rings. The van der Waals surface area contributed by atoms with Crippen LogP contribution in [0.3, 0.4) is 0 Å². The molecular weight excluding hydrogens is 352 g/mol. The van der Waals surface area contributed by atoms with Gasteiger partial charge in [0.2, 0.25) is 0 Å². The quantitative estimate of drug-likeness (QED) is 0.714. The number of nitrogens with one attached hydrogen (secondary N) is 1. The molecule has 28 heavy (non-hydrogen) atoms. The van der Waals surface area contributed by atoms with Crippen LogP contribution in [0.4, 0.5) is 11.5 Å². The summed E-state index contributed by atoms with van der Waals surface area (Å²) in [6.45, 7) is 2.31. The van der Waals surface area contributed by atoms with Crippen LogP contribution in [0.2, 0.25) is 0 Å². The van der Waals surface area contributed by atoms with Gasteiger partial charge < -0.3 is 10.2 Å². The highest BCUT2D eigenvalue weighted by molar-refractivity contribution is 5.93. The van der Waals surface area contributed by atoms with Gasteiger partial charge in [0.05, 0.1) is 11.6 Å². The lowest BCUT2D eigenvalue weighted by Gasteiger charge is -2.17. The molecule has 0 aliphatic carbocycles. The fraction of sp³-hybridized carbons (Fsp3) is 0.190. The molecule has 0 unspecified atom stereocenters. The first-order valence-corrected chi connectivity index (χ1v) is 8.82. The first kappa shape index (κ1) is 19.0. The molecule has 3 rings (SSSR count). The second-order valence-electron chi connectivity index (χ2n) is 6.34. The van der Waals surface area contributed by atoms with Gasteiger partial charge in [0.25, 0.3) is 5.91 Å². The predicted molar refractivity (Wildman–Crippen MR) is 106 cm³/mol. The van der Waals surface area contributed by atoms with Crippen molar-refractivity contribution in [2.45, 2.75) is 13.3 Å². The fourth-order valence-corrected chi connectivity index (χ4v) is 2.70. The van der Waals surface area contributed by atoms with E-state index in [-0.39, 0.29) is 5.91 Å². The highest BCUT2D eigenvalue weighted by Gasteiger charge is 2.15. The maximum atomic E-state index is 12.8. The average molecular weight is 372 g/mol. The number of carbonyl (C=O) groups excluding carboxylic acids is 1. The summed E-state index contributed by atoms with van der Waals surface area (Å²) >= 11 is 0. The summed E-state index contributed by atoms with van der Waals surface area (Å²) in [5.74, 6) is 0.828. The summed E-state index contributed by atoms with van der Waals surface area (Å²) in [7, 11) is 1.75. The molecule has 0 spiro atoms. The summed E-state index contributed by atoms with van der Waals surface area (Å²) in [5.41, 5.74) is 2.71. The number of hydrogen-bond donors (Lipinski definition) is 1. The lowest BCUT2D eigenvalue weighted by atomic mass is 10.2. The Balaban J connectivity index is 1.72. The lowest BCUT2D eigenvalue weighted by molar-refractivity contribution is 0.0790. The molecule has 0 aliphatic heterocycles. The normalized spacial score (nSPS) is 10.2. The number of pyridine rings is 1. The molecule has 0 radical (unpaired) electrons. The maximum Gasteiger partial charge on any atom is 0.272 e. The number of hydrogen-bond acceptors (Lipinski definition) is 6. The third-order valence-electron chi connectivity index (χ3n) is 4.15. The first-order chi connectivity index (χ1) is 13.5. The van der Waals surface area contributed by atoms with Crippen LogP contribution < -0.4 is 5.32 Å². The Hall–Kier alpha value is -3.79. The van der Waals surface area contributed by atoms with Gasteiger partial charge in [0, 0.05) is 37.7 Å². The van der Waals surface area contributed by atoms with Crippen molar-refractivity contribution in [3.8, 4) is 6.07 Å². The van der Waals surface area contributed by atoms with E-state index in [9.17, 15) is 4.79 Å². The third kappa shape index (κ3) is 4.89. The zero-order chi connectivity index (χ0) is 19.9. The number of nitrogens with zero attached hydrogens (tertiary/aromatic N) is 5. The summed E-state index contributed by atoms with van der Waals surface area (Å²) < 4.78 is 0. The van der Waals surface area contributed by atoms with Crippen molar-refractivity contribution in [1.82, 2.24) is 19.9 Å². The van der Waals surface area contributed by atoms with Crippen molar-refractivity contribution in [2.24, 2.45) is 0 Å². The SMILES string of the molecule is Cc1nc(Nc2cccc(C#N)c2)cc(C(=O)N(C)CCc2ccncc2)n1. The van der Waals surface area contributed by atoms with Crippen LogP contribution in [0.5, 0.6) is 0 Å². The van der Waals surface area contributed by atoms with E-state index in [1.807, 2.05) is 18.2 Å². The molecule has 0 saturated carbocycles. The number of amides is 1. The van der Waals surface area contributed by atoms with Crippen molar-refractivity contribution in [1.29, 1.82) is 5.26 Å². The van der Waals surface area contributed by atoms with Crippen LogP contribution in [-0.4, -0.2) is 39.4 Å². The molecule has 1 amide bonds. The second kappa shape index (κ2) is 8.73. The maximum absolute atomic E-state index is 12.8. The van der Waals surface area contributed by atoms with E-state index in [0.29, 0.717) is 29.4 Å². The Morgan fingerprint density at radius 2 is 1.96 bits per heavy atom. The number of carbonyl (C=O) groups is 1. The van der Waals surface area contributed by atoms with Crippen LogP contribution in [0.1, 0.15) is 27.4 Å². The van der Waals surface area contributed by atoms with Crippen LogP contribution in [0.25, 0.3) is 0 Å². The van der Waals surface area contributed by atoms with Crippen LogP contribution in [0.15, 0.2) is 54.9 Å². The van der Waals surface area contributed by atoms with E-state index in [1.54, 1.807) is 55.5 Å². The molecule has 2 heterocycles. The van der Waals surface area contributed by atoms with Crippen LogP contribution >= 0.6 is 0 Å². The van der Waals surface area contributed by atoms with Gasteiger partial charge in [-0.1, -0.05) is 6.07 Å². The molecule has 0 bridgehead atoms. The van der Waals surface area contributed by atoms with Gasteiger partial charge in [0.15, 0.2) is 0 Å². The number of anilines is 2. The molecular formula is C21H20N6O. The minimum absolute atomic E-state index is 0.173. The van der Waals surface area contributed by atoms with Gasteiger partial charge in [-0.2, -0.15) is 5.26 Å². The fourth-order valence-electron chi connectivity index (χ4n) is 2.70. The van der Waals surface area contributed by atoms with Gasteiger partial charge in [-0.05, 0) is 49.2 Å². The lowest BCUT2D eigenvalue weighted by Crippen LogP contribution is -2.30. The molecule has 0 saturated heterocycles. The molecule has 0 atom stereocenters. The van der Waals surface area contributed by atoms with Gasteiger partial charge in [-0.15, -0.1) is 0 Å². The summed E-state index contributed by atoms with van der Waals surface area (Å²) in [6, 6.07) is 14.7. The highest BCUT2D eigenvalue weighted by atomic mass is 16.2. The van der Waals surface area contributed by atoms with E-state index < -0.39 is 0 Å². The van der Waals surface area contributed by atoms with Gasteiger partial charge in [0.1, 0.15) is 17.3 Å². The number of benzene rings is 1. The standard InChI is InChI=1S/C21H20N6O/c1-15-24-19(21(28)27(2)11-8-16-6-9-23-10-7-16)13-20(25-15)26-18-5-3-4-17(12-18)14-22/h3-7,9-10,12-13H,8,11H2,1-2H3,(H,24,25,26). The van der Waals surface area contributed by atoms with Crippen molar-refractivity contribution in [2.75, 3.05) is 18.9 Å². The summed E-state index contributed by atoms with van der Waals surface area (Å²) in [5, 5.41) is 12.2. The molecule has 0 fully saturated rings. The number of nitriles is 1. The molecule has 1 N–H and O–H groups in total. The van der Waals surface area contributed by atoms with Crippen molar-refractivity contribution in [3.05, 3.63) is 77.5 Å². The Morgan fingerprint density at radius 1 is 1.18 bits per heavy atom. The van der Waals surface area contributed by atoms with E-state index in [0.717, 1.165) is 17.7 Å². The summed E-state index contributed by atoms with van der Waals surface area (Å²) in [6.07, 6.45) is 4.22. The van der Waals surface area contributed by atoms with E-state index >= 15 is 0 Å². The predicted octanol–water partition coefficient (Wildman–Crippen LogP) is 3.11. The Labute approximate surface area is 163 Å². The smallest absolute Gasteiger partial charge is 0.272 e. The Kier molecular flexibility index (Phi) is 5.92. The molecule has 0 aliphatic rings. The van der Waals surface area contributed by atoms with E-state index in [1.165, 1.54) is 0 Å². The Bertz CT molecular complexity index is 1010. The molecule has 140 valence electrons. The number of aryl methyl sites for hydroxylation is 1. The third-order valence-corrected chi connectivity index (χ3v) is 4.15. The monoisotopic (exact) mass is 372 g/mol. The highest BCUT2D eigenvalue weighted by Crippen LogP contribution is 2.17. The second-order valence-corrected chi connectivity index (χ2v) is 6.34. The van der Waals surface area contributed by atoms with E-state index in [4.69, 9.17) is 5.26 Å². The number of likely N-dealkylation sites (N-methyl/N-ethyl adjacent to an activating group) is 1. The number of aromatic nitrogens is 3. The first-order valence-electron chi connectivity index (χ1n) is 8.82. The minimum atomic E-state index is -0.173. The van der Waals surface area contributed by atoms with Gasteiger partial charge in [-0.25, -0.2) is 9.97 Å².